The van der Waals surface area contributed by atoms with E-state index in [0.29, 0.717) is 24.5 Å². The molecule has 31 heavy (non-hydrogen) atoms. The second kappa shape index (κ2) is 8.12. The third-order valence-corrected chi connectivity index (χ3v) is 5.11. The fraction of sp³-hybridized carbons (Fsp3) is 0.125. The molecule has 0 amide bonds. The van der Waals surface area contributed by atoms with E-state index in [9.17, 15) is 4.39 Å². The molecule has 0 fully saturated rings. The van der Waals surface area contributed by atoms with Crippen molar-refractivity contribution in [3.05, 3.63) is 79.0 Å². The maximum absolute atomic E-state index is 13.9. The van der Waals surface area contributed by atoms with E-state index >= 15 is 0 Å². The summed E-state index contributed by atoms with van der Waals surface area (Å²) in [7, 11) is 1.67. The van der Waals surface area contributed by atoms with Crippen molar-refractivity contribution in [3.8, 4) is 17.2 Å². The normalized spacial score (nSPS) is 11.3. The van der Waals surface area contributed by atoms with Gasteiger partial charge in [0.25, 0.3) is 0 Å². The summed E-state index contributed by atoms with van der Waals surface area (Å²) in [5.41, 5.74) is 3.34. The van der Waals surface area contributed by atoms with Crippen LogP contribution in [0.2, 0.25) is 0 Å². The van der Waals surface area contributed by atoms with Crippen molar-refractivity contribution in [2.24, 2.45) is 0 Å². The maximum Gasteiger partial charge on any atom is 0.162 e. The lowest BCUT2D eigenvalue weighted by molar-refractivity contribution is 0.211. The number of hydrogen-bond acceptors (Lipinski definition) is 5. The lowest BCUT2D eigenvalue weighted by atomic mass is 10.1. The van der Waals surface area contributed by atoms with Gasteiger partial charge in [-0.1, -0.05) is 12.1 Å². The van der Waals surface area contributed by atoms with Crippen LogP contribution in [0.15, 0.2) is 73.2 Å². The number of nitrogens with zero attached hydrogens (tertiary/aromatic N) is 4. The average molecular weight is 413 g/mol. The van der Waals surface area contributed by atoms with E-state index in [-0.39, 0.29) is 5.82 Å². The van der Waals surface area contributed by atoms with Gasteiger partial charge in [0, 0.05) is 54.3 Å². The quantitative estimate of drug-likeness (QED) is 0.404. The molecule has 0 aliphatic heterocycles. The minimum Gasteiger partial charge on any atom is -0.383 e. The minimum atomic E-state index is -0.321. The van der Waals surface area contributed by atoms with E-state index in [1.54, 1.807) is 19.4 Å². The number of fused-ring (bicyclic) bond motifs is 2. The predicted molar refractivity (Wildman–Crippen MR) is 120 cm³/mol. The first-order valence-corrected chi connectivity index (χ1v) is 9.95. The molecule has 5 aromatic rings. The first kappa shape index (κ1) is 19.1. The number of pyridine rings is 1. The van der Waals surface area contributed by atoms with E-state index in [4.69, 9.17) is 14.7 Å². The summed E-state index contributed by atoms with van der Waals surface area (Å²) in [6.45, 7) is 1.30. The molecule has 154 valence electrons. The molecule has 0 aliphatic carbocycles. The molecule has 3 heterocycles. The molecule has 7 heteroatoms. The Morgan fingerprint density at radius 2 is 2.00 bits per heavy atom. The highest BCUT2D eigenvalue weighted by Gasteiger charge is 2.14. The summed E-state index contributed by atoms with van der Waals surface area (Å²) in [4.78, 5) is 13.8. The topological polar surface area (TPSA) is 64.9 Å². The molecule has 0 radical (unpaired) electrons. The Kier molecular flexibility index (Phi) is 5.01. The second-order valence-corrected chi connectivity index (χ2v) is 7.15. The molecule has 0 aliphatic rings. The fourth-order valence-electron chi connectivity index (χ4n) is 3.63. The smallest absolute Gasteiger partial charge is 0.162 e. The first-order chi connectivity index (χ1) is 15.2. The van der Waals surface area contributed by atoms with Crippen LogP contribution in [0.4, 0.5) is 10.1 Å². The molecule has 5 rings (SSSR count). The van der Waals surface area contributed by atoms with Gasteiger partial charge in [0.1, 0.15) is 11.6 Å². The van der Waals surface area contributed by atoms with E-state index in [0.717, 1.165) is 33.3 Å². The Bertz CT molecular complexity index is 1380. The number of anilines is 1. The van der Waals surface area contributed by atoms with E-state index in [1.807, 2.05) is 53.4 Å². The molecular formula is C24H20FN5O. The summed E-state index contributed by atoms with van der Waals surface area (Å²) in [5.74, 6) is 0.872. The van der Waals surface area contributed by atoms with Crippen LogP contribution >= 0.6 is 0 Å². The third-order valence-electron chi connectivity index (χ3n) is 5.11. The Hall–Kier alpha value is -3.84. The highest BCUT2D eigenvalue weighted by molar-refractivity contribution is 5.92. The summed E-state index contributed by atoms with van der Waals surface area (Å²) in [6, 6.07) is 16.2. The van der Waals surface area contributed by atoms with Crippen LogP contribution < -0.4 is 5.32 Å². The Morgan fingerprint density at radius 1 is 1.06 bits per heavy atom. The molecule has 0 saturated carbocycles. The van der Waals surface area contributed by atoms with Gasteiger partial charge in [0.15, 0.2) is 5.82 Å². The Labute approximate surface area is 178 Å². The van der Waals surface area contributed by atoms with Crippen molar-refractivity contribution in [2.45, 2.75) is 0 Å². The van der Waals surface area contributed by atoms with Gasteiger partial charge in [-0.2, -0.15) is 0 Å². The molecule has 1 N–H and O–H groups in total. The molecule has 0 spiro atoms. The summed E-state index contributed by atoms with van der Waals surface area (Å²) >= 11 is 0. The maximum atomic E-state index is 13.9. The summed E-state index contributed by atoms with van der Waals surface area (Å²) < 4.78 is 21.0. The number of rotatable bonds is 6. The summed E-state index contributed by atoms with van der Waals surface area (Å²) in [5, 5.41) is 5.25. The Morgan fingerprint density at radius 3 is 2.87 bits per heavy atom. The monoisotopic (exact) mass is 413 g/mol. The van der Waals surface area contributed by atoms with Gasteiger partial charge in [-0.15, -0.1) is 0 Å². The van der Waals surface area contributed by atoms with Crippen LogP contribution in [-0.4, -0.2) is 39.8 Å². The van der Waals surface area contributed by atoms with Crippen LogP contribution in [0.5, 0.6) is 0 Å². The van der Waals surface area contributed by atoms with Crippen molar-refractivity contribution >= 4 is 27.5 Å². The van der Waals surface area contributed by atoms with Crippen LogP contribution in [0, 0.1) is 5.82 Å². The highest BCUT2D eigenvalue weighted by Crippen LogP contribution is 2.29. The van der Waals surface area contributed by atoms with Crippen LogP contribution in [-0.2, 0) is 4.74 Å². The number of hydrogen-bond donors (Lipinski definition) is 1. The van der Waals surface area contributed by atoms with Crippen molar-refractivity contribution in [1.29, 1.82) is 0 Å². The van der Waals surface area contributed by atoms with Crippen molar-refractivity contribution in [2.75, 3.05) is 25.6 Å². The SMILES string of the molecule is COCCNc1ccc2nc(-c3cccc(F)c3)nc(-n3ccc4cnccc43)c2c1. The molecule has 0 saturated heterocycles. The lowest BCUT2D eigenvalue weighted by Crippen LogP contribution is -2.08. The van der Waals surface area contributed by atoms with E-state index in [1.165, 1.54) is 12.1 Å². The predicted octanol–water partition coefficient (Wildman–Crippen LogP) is 4.83. The molecule has 0 unspecified atom stereocenters. The molecular weight excluding hydrogens is 393 g/mol. The van der Waals surface area contributed by atoms with Crippen molar-refractivity contribution in [1.82, 2.24) is 19.5 Å². The zero-order valence-electron chi connectivity index (χ0n) is 16.9. The van der Waals surface area contributed by atoms with Crippen molar-refractivity contribution < 1.29 is 9.13 Å². The molecule has 0 atom stereocenters. The van der Waals surface area contributed by atoms with Crippen LogP contribution in [0.1, 0.15) is 0 Å². The van der Waals surface area contributed by atoms with Gasteiger partial charge in [-0.25, -0.2) is 14.4 Å². The van der Waals surface area contributed by atoms with Gasteiger partial charge >= 0.3 is 0 Å². The second-order valence-electron chi connectivity index (χ2n) is 7.15. The van der Waals surface area contributed by atoms with E-state index < -0.39 is 0 Å². The van der Waals surface area contributed by atoms with Gasteiger partial charge in [0.2, 0.25) is 0 Å². The molecule has 3 aromatic heterocycles. The largest absolute Gasteiger partial charge is 0.383 e. The summed E-state index contributed by atoms with van der Waals surface area (Å²) in [6.07, 6.45) is 5.54. The highest BCUT2D eigenvalue weighted by atomic mass is 19.1. The van der Waals surface area contributed by atoms with E-state index in [2.05, 4.69) is 10.3 Å². The zero-order chi connectivity index (χ0) is 21.2. The molecule has 6 nitrogen and oxygen atoms in total. The van der Waals surface area contributed by atoms with Gasteiger partial charge < -0.3 is 14.6 Å². The minimum absolute atomic E-state index is 0.321. The Balaban J connectivity index is 1.73. The number of ether oxygens (including phenoxy) is 1. The third kappa shape index (κ3) is 3.71. The average Bonchev–Trinajstić information content (AvgIpc) is 3.22. The number of aromatic nitrogens is 4. The number of methoxy groups -OCH3 is 1. The standard InChI is InChI=1S/C24H20FN5O/c1-31-12-10-27-19-5-6-21-20(14-19)24(30-11-8-17-15-26-9-7-22(17)30)29-23(28-21)16-3-2-4-18(25)13-16/h2-9,11,13-15,27H,10,12H2,1H3. The van der Waals surface area contributed by atoms with Crippen molar-refractivity contribution in [3.63, 3.8) is 0 Å². The first-order valence-electron chi connectivity index (χ1n) is 9.95. The molecule has 2 aromatic carbocycles. The lowest BCUT2D eigenvalue weighted by Gasteiger charge is -2.13. The van der Waals surface area contributed by atoms with Gasteiger partial charge in [0.05, 0.1) is 17.6 Å². The number of halogens is 1. The zero-order valence-corrected chi connectivity index (χ0v) is 16.9. The molecule has 0 bridgehead atoms. The van der Waals surface area contributed by atoms with Crippen LogP contribution in [0.25, 0.3) is 39.0 Å². The fourth-order valence-corrected chi connectivity index (χ4v) is 3.63. The number of nitrogens with one attached hydrogen (secondary N) is 1. The van der Waals surface area contributed by atoms with Gasteiger partial charge in [-0.05, 0) is 42.5 Å². The van der Waals surface area contributed by atoms with Crippen LogP contribution in [0.3, 0.4) is 0 Å². The van der Waals surface area contributed by atoms with Gasteiger partial charge in [-0.3, -0.25) is 4.98 Å². The number of benzene rings is 2.